The first-order chi connectivity index (χ1) is 18.8. The van der Waals surface area contributed by atoms with Crippen LogP contribution in [0.3, 0.4) is 0 Å². The van der Waals surface area contributed by atoms with Crippen molar-refractivity contribution in [3.63, 3.8) is 0 Å². The number of aromatic nitrogens is 2. The fraction of sp³-hybridized carbons (Fsp3) is 0.346. The number of para-hydroxylation sites is 1. The molecule has 2 aliphatic rings. The maximum Gasteiger partial charge on any atom is 0.278 e. The highest BCUT2D eigenvalue weighted by Gasteiger charge is 2.22. The lowest BCUT2D eigenvalue weighted by molar-refractivity contribution is 0.0347. The minimum absolute atomic E-state index is 0.0454. The van der Waals surface area contributed by atoms with Gasteiger partial charge in [0, 0.05) is 31.3 Å². The van der Waals surface area contributed by atoms with Crippen LogP contribution in [0.15, 0.2) is 53.6 Å². The standard InChI is InChI=1S/C26H32N6O6S/c1-28-16-19-4-3-5-21-24(19)38-15-14-37-13-12-36-11-10-32(2)39(34,35)20-8-6-18(7-9-20)22-17-29-25(27)23(30-22)26(33)31-21/h3-9,17,28H,10-16H2,1-2H3,(H2,27,29)(H,31,33). The van der Waals surface area contributed by atoms with Crippen LogP contribution in [-0.4, -0.2) is 82.3 Å². The zero-order chi connectivity index (χ0) is 27.8. The van der Waals surface area contributed by atoms with E-state index >= 15 is 0 Å². The first-order valence-corrected chi connectivity index (χ1v) is 13.8. The van der Waals surface area contributed by atoms with Crippen molar-refractivity contribution < 1.29 is 27.4 Å². The van der Waals surface area contributed by atoms with Crippen LogP contribution in [-0.2, 0) is 26.0 Å². The number of fused-ring (bicyclic) bond motifs is 13. The first kappa shape index (κ1) is 28.4. The van der Waals surface area contributed by atoms with Crippen molar-refractivity contribution in [1.82, 2.24) is 19.6 Å². The molecule has 0 aliphatic carbocycles. The highest BCUT2D eigenvalue weighted by molar-refractivity contribution is 7.89. The average molecular weight is 557 g/mol. The van der Waals surface area contributed by atoms with E-state index in [0.29, 0.717) is 42.5 Å². The van der Waals surface area contributed by atoms with Crippen molar-refractivity contribution in [2.45, 2.75) is 11.4 Å². The van der Waals surface area contributed by atoms with Crippen molar-refractivity contribution in [2.75, 3.05) is 64.7 Å². The number of nitrogens with two attached hydrogens (primary N) is 1. The molecule has 0 saturated carbocycles. The van der Waals surface area contributed by atoms with Gasteiger partial charge in [0.25, 0.3) is 5.91 Å². The van der Waals surface area contributed by atoms with Gasteiger partial charge in [0.15, 0.2) is 11.5 Å². The topological polar surface area (TPSA) is 158 Å². The molecule has 0 saturated heterocycles. The molecule has 4 N–H and O–H groups in total. The summed E-state index contributed by atoms with van der Waals surface area (Å²) in [7, 11) is -0.409. The quantitative estimate of drug-likeness (QED) is 0.397. The van der Waals surface area contributed by atoms with Gasteiger partial charge in [-0.05, 0) is 25.2 Å². The number of hydrogen-bond acceptors (Lipinski definition) is 10. The van der Waals surface area contributed by atoms with Gasteiger partial charge in [-0.2, -0.15) is 4.31 Å². The van der Waals surface area contributed by atoms with Gasteiger partial charge in [0.05, 0.1) is 48.9 Å². The molecule has 3 heterocycles. The lowest BCUT2D eigenvalue weighted by Gasteiger charge is -2.18. The van der Waals surface area contributed by atoms with Crippen LogP contribution in [0.4, 0.5) is 11.5 Å². The number of hydrogen-bond donors (Lipinski definition) is 3. The molecule has 0 atom stereocenters. The van der Waals surface area contributed by atoms with Crippen molar-refractivity contribution in [3.8, 4) is 17.0 Å². The number of rotatable bonds is 2. The summed E-state index contributed by atoms with van der Waals surface area (Å²) in [4.78, 5) is 22.0. The molecule has 0 spiro atoms. The highest BCUT2D eigenvalue weighted by Crippen LogP contribution is 2.30. The van der Waals surface area contributed by atoms with Crippen LogP contribution >= 0.6 is 0 Å². The maximum atomic E-state index is 13.3. The number of nitrogen functional groups attached to an aromatic ring is 1. The molecular weight excluding hydrogens is 524 g/mol. The first-order valence-electron chi connectivity index (χ1n) is 12.4. The third-order valence-corrected chi connectivity index (χ3v) is 7.85. The van der Waals surface area contributed by atoms with Gasteiger partial charge >= 0.3 is 0 Å². The van der Waals surface area contributed by atoms with Crippen LogP contribution in [0.2, 0.25) is 0 Å². The van der Waals surface area contributed by atoms with E-state index in [1.54, 1.807) is 18.2 Å². The molecule has 2 aliphatic heterocycles. The smallest absolute Gasteiger partial charge is 0.278 e. The van der Waals surface area contributed by atoms with Crippen LogP contribution in [0.1, 0.15) is 16.1 Å². The Labute approximate surface area is 227 Å². The Morgan fingerprint density at radius 3 is 2.51 bits per heavy atom. The molecular formula is C26H32N6O6S. The number of sulfonamides is 1. The van der Waals surface area contributed by atoms with E-state index in [1.807, 2.05) is 19.2 Å². The normalized spacial score (nSPS) is 17.2. The molecule has 13 heteroatoms. The average Bonchev–Trinajstić information content (AvgIpc) is 2.93. The Balaban J connectivity index is 1.69. The third-order valence-electron chi connectivity index (χ3n) is 5.98. The minimum Gasteiger partial charge on any atom is -0.489 e. The van der Waals surface area contributed by atoms with E-state index in [0.717, 1.165) is 5.56 Å². The van der Waals surface area contributed by atoms with Crippen LogP contribution in [0.25, 0.3) is 11.3 Å². The van der Waals surface area contributed by atoms with Crippen molar-refractivity contribution in [2.24, 2.45) is 0 Å². The predicted octanol–water partition coefficient (Wildman–Crippen LogP) is 1.74. The van der Waals surface area contributed by atoms with Gasteiger partial charge in [0.1, 0.15) is 12.4 Å². The van der Waals surface area contributed by atoms with Gasteiger partial charge < -0.3 is 30.6 Å². The predicted molar refractivity (Wildman–Crippen MR) is 146 cm³/mol. The summed E-state index contributed by atoms with van der Waals surface area (Å²) < 4.78 is 44.3. The summed E-state index contributed by atoms with van der Waals surface area (Å²) in [5.74, 6) is -0.106. The second-order valence-electron chi connectivity index (χ2n) is 8.69. The lowest BCUT2D eigenvalue weighted by Crippen LogP contribution is -2.30. The molecule has 0 unspecified atom stereocenters. The van der Waals surface area contributed by atoms with E-state index < -0.39 is 15.9 Å². The number of likely N-dealkylation sites (N-methyl/N-ethyl adjacent to an activating group) is 1. The Bertz CT molecular complexity index is 1400. The SMILES string of the molecule is CNCc1cccc2c1OCCOCCOCCN(C)S(=O)(=O)c1ccc(cc1)-c1cnc(N)c(n1)C(=O)N2. The number of anilines is 2. The van der Waals surface area contributed by atoms with Gasteiger partial charge in [-0.15, -0.1) is 0 Å². The number of carbonyl (C=O) groups excluding carboxylic acids is 1. The summed E-state index contributed by atoms with van der Waals surface area (Å²) >= 11 is 0. The number of benzene rings is 2. The molecule has 0 fully saturated rings. The Morgan fingerprint density at radius 2 is 1.77 bits per heavy atom. The number of nitrogens with one attached hydrogen (secondary N) is 2. The fourth-order valence-electron chi connectivity index (χ4n) is 3.89. The van der Waals surface area contributed by atoms with E-state index in [9.17, 15) is 13.2 Å². The lowest BCUT2D eigenvalue weighted by atomic mass is 10.1. The molecule has 0 radical (unpaired) electrons. The van der Waals surface area contributed by atoms with E-state index in [2.05, 4.69) is 20.6 Å². The zero-order valence-electron chi connectivity index (χ0n) is 21.8. The summed E-state index contributed by atoms with van der Waals surface area (Å²) in [6.45, 7) is 2.06. The molecule has 2 aromatic carbocycles. The number of nitrogens with zero attached hydrogens (tertiary/aromatic N) is 3. The Hall–Kier alpha value is -3.62. The Morgan fingerprint density at radius 1 is 1.05 bits per heavy atom. The second-order valence-corrected chi connectivity index (χ2v) is 10.7. The molecule has 4 bridgehead atoms. The zero-order valence-corrected chi connectivity index (χ0v) is 22.7. The molecule has 12 nitrogen and oxygen atoms in total. The van der Waals surface area contributed by atoms with Crippen molar-refractivity contribution in [1.29, 1.82) is 0 Å². The molecule has 3 aromatic rings. The van der Waals surface area contributed by atoms with Crippen LogP contribution in [0, 0.1) is 0 Å². The van der Waals surface area contributed by atoms with E-state index in [4.69, 9.17) is 19.9 Å². The number of ether oxygens (including phenoxy) is 3. The summed E-state index contributed by atoms with van der Waals surface area (Å²) in [5, 5.41) is 5.93. The number of carbonyl (C=O) groups is 1. The minimum atomic E-state index is -3.72. The number of amides is 1. The molecule has 39 heavy (non-hydrogen) atoms. The fourth-order valence-corrected chi connectivity index (χ4v) is 5.04. The summed E-state index contributed by atoms with van der Waals surface area (Å²) in [6, 6.07) is 11.6. The third kappa shape index (κ3) is 6.88. The second kappa shape index (κ2) is 13.0. The van der Waals surface area contributed by atoms with Crippen LogP contribution in [0.5, 0.6) is 5.75 Å². The van der Waals surface area contributed by atoms with Gasteiger partial charge in [-0.3, -0.25) is 4.79 Å². The van der Waals surface area contributed by atoms with E-state index in [-0.39, 0.29) is 42.8 Å². The molecule has 1 aromatic heterocycles. The monoisotopic (exact) mass is 556 g/mol. The summed E-state index contributed by atoms with van der Waals surface area (Å²) in [6.07, 6.45) is 1.43. The van der Waals surface area contributed by atoms with Gasteiger partial charge in [0.2, 0.25) is 10.0 Å². The molecule has 208 valence electrons. The largest absolute Gasteiger partial charge is 0.489 e. The maximum absolute atomic E-state index is 13.3. The van der Waals surface area contributed by atoms with Gasteiger partial charge in [-0.1, -0.05) is 24.3 Å². The van der Waals surface area contributed by atoms with Crippen LogP contribution < -0.4 is 21.1 Å². The Kier molecular flexibility index (Phi) is 9.43. The van der Waals surface area contributed by atoms with Crippen molar-refractivity contribution >= 4 is 27.4 Å². The van der Waals surface area contributed by atoms with Gasteiger partial charge in [-0.25, -0.2) is 18.4 Å². The highest BCUT2D eigenvalue weighted by atomic mass is 32.2. The summed E-state index contributed by atoms with van der Waals surface area (Å²) in [5.41, 5.74) is 8.17. The molecule has 5 rings (SSSR count). The molecule has 1 amide bonds. The van der Waals surface area contributed by atoms with E-state index in [1.165, 1.54) is 29.7 Å². The van der Waals surface area contributed by atoms with Crippen molar-refractivity contribution in [3.05, 3.63) is 59.9 Å².